The highest BCUT2D eigenvalue weighted by molar-refractivity contribution is 5.94. The standard InChI is InChI=1S/C18H19N3O3/c1-11-6-16(23-2)17(24-3)7-13(11)8-18(22)20-14-5-4-12-10-19-21-15(12)9-14/h4-7,9-10H,8H2,1-3H3,(H,19,21)(H,20,22). The van der Waals surface area contributed by atoms with Crippen molar-refractivity contribution in [1.29, 1.82) is 0 Å². The molecule has 2 N–H and O–H groups in total. The van der Waals surface area contributed by atoms with Crippen LogP contribution >= 0.6 is 0 Å². The fraction of sp³-hybridized carbons (Fsp3) is 0.222. The van der Waals surface area contributed by atoms with Crippen molar-refractivity contribution in [3.05, 3.63) is 47.7 Å². The third kappa shape index (κ3) is 3.17. The summed E-state index contributed by atoms with van der Waals surface area (Å²) in [7, 11) is 3.17. The Morgan fingerprint density at radius 3 is 2.67 bits per heavy atom. The maximum absolute atomic E-state index is 12.4. The van der Waals surface area contributed by atoms with E-state index in [-0.39, 0.29) is 12.3 Å². The molecule has 0 aliphatic carbocycles. The number of anilines is 1. The highest BCUT2D eigenvalue weighted by Crippen LogP contribution is 2.30. The molecule has 0 fully saturated rings. The molecule has 3 aromatic rings. The fourth-order valence-electron chi connectivity index (χ4n) is 2.61. The fourth-order valence-corrected chi connectivity index (χ4v) is 2.61. The lowest BCUT2D eigenvalue weighted by Crippen LogP contribution is -2.15. The molecule has 0 saturated heterocycles. The van der Waals surface area contributed by atoms with Gasteiger partial charge in [0.1, 0.15) is 0 Å². The van der Waals surface area contributed by atoms with Gasteiger partial charge in [0, 0.05) is 11.1 Å². The van der Waals surface area contributed by atoms with Crippen molar-refractivity contribution in [3.63, 3.8) is 0 Å². The second-order valence-electron chi connectivity index (χ2n) is 5.53. The number of ether oxygens (including phenoxy) is 2. The van der Waals surface area contributed by atoms with E-state index in [4.69, 9.17) is 9.47 Å². The van der Waals surface area contributed by atoms with Gasteiger partial charge in [0.2, 0.25) is 5.91 Å². The molecule has 6 nitrogen and oxygen atoms in total. The Labute approximate surface area is 139 Å². The molecule has 1 aromatic heterocycles. The van der Waals surface area contributed by atoms with Gasteiger partial charge in [-0.2, -0.15) is 5.10 Å². The molecule has 3 rings (SSSR count). The van der Waals surface area contributed by atoms with Crippen LogP contribution in [-0.4, -0.2) is 30.3 Å². The van der Waals surface area contributed by atoms with Crippen molar-refractivity contribution in [2.45, 2.75) is 13.3 Å². The van der Waals surface area contributed by atoms with Crippen LogP contribution < -0.4 is 14.8 Å². The number of hydrogen-bond donors (Lipinski definition) is 2. The van der Waals surface area contributed by atoms with Crippen LogP contribution in [0.4, 0.5) is 5.69 Å². The van der Waals surface area contributed by atoms with E-state index >= 15 is 0 Å². The Morgan fingerprint density at radius 1 is 1.17 bits per heavy atom. The number of benzene rings is 2. The second kappa shape index (κ2) is 6.62. The van der Waals surface area contributed by atoms with Crippen LogP contribution in [0.15, 0.2) is 36.5 Å². The van der Waals surface area contributed by atoms with Gasteiger partial charge < -0.3 is 14.8 Å². The summed E-state index contributed by atoms with van der Waals surface area (Å²) in [5.74, 6) is 1.18. The molecule has 0 atom stereocenters. The first kappa shape index (κ1) is 15.9. The first-order valence-corrected chi connectivity index (χ1v) is 7.55. The number of aromatic nitrogens is 2. The van der Waals surface area contributed by atoms with Gasteiger partial charge in [0.25, 0.3) is 0 Å². The predicted octanol–water partition coefficient (Wildman–Crippen LogP) is 3.07. The van der Waals surface area contributed by atoms with E-state index in [0.717, 1.165) is 27.7 Å². The molecular formula is C18H19N3O3. The van der Waals surface area contributed by atoms with Crippen LogP contribution in [0.3, 0.4) is 0 Å². The zero-order valence-electron chi connectivity index (χ0n) is 13.8. The van der Waals surface area contributed by atoms with Crippen molar-refractivity contribution in [1.82, 2.24) is 10.2 Å². The summed E-state index contributed by atoms with van der Waals surface area (Å²) in [6.45, 7) is 1.95. The SMILES string of the molecule is COc1cc(C)c(CC(=O)Nc2ccc3cn[nH]c3c2)cc1OC. The molecule has 124 valence electrons. The van der Waals surface area contributed by atoms with E-state index in [9.17, 15) is 4.79 Å². The van der Waals surface area contributed by atoms with E-state index in [1.165, 1.54) is 0 Å². The lowest BCUT2D eigenvalue weighted by atomic mass is 10.0. The number of aryl methyl sites for hydroxylation is 1. The number of rotatable bonds is 5. The first-order valence-electron chi connectivity index (χ1n) is 7.55. The summed E-state index contributed by atoms with van der Waals surface area (Å²) < 4.78 is 10.6. The number of methoxy groups -OCH3 is 2. The number of H-pyrrole nitrogens is 1. The largest absolute Gasteiger partial charge is 0.493 e. The van der Waals surface area contributed by atoms with Crippen molar-refractivity contribution >= 4 is 22.5 Å². The molecule has 1 heterocycles. The number of fused-ring (bicyclic) bond motifs is 1. The summed E-state index contributed by atoms with van der Waals surface area (Å²) in [5, 5.41) is 10.8. The first-order chi connectivity index (χ1) is 11.6. The summed E-state index contributed by atoms with van der Waals surface area (Å²) in [4.78, 5) is 12.4. The molecular weight excluding hydrogens is 306 g/mol. The number of carbonyl (C=O) groups excluding carboxylic acids is 1. The maximum Gasteiger partial charge on any atom is 0.228 e. The molecule has 0 aliphatic heterocycles. The average molecular weight is 325 g/mol. The van der Waals surface area contributed by atoms with Crippen LogP contribution in [0, 0.1) is 6.92 Å². The van der Waals surface area contributed by atoms with Gasteiger partial charge in [-0.15, -0.1) is 0 Å². The Balaban J connectivity index is 1.76. The Bertz CT molecular complexity index is 886. The van der Waals surface area contributed by atoms with Crippen molar-refractivity contribution in [3.8, 4) is 11.5 Å². The molecule has 24 heavy (non-hydrogen) atoms. The molecule has 0 aliphatic rings. The van der Waals surface area contributed by atoms with E-state index in [2.05, 4.69) is 15.5 Å². The van der Waals surface area contributed by atoms with Gasteiger partial charge in [-0.05, 0) is 48.4 Å². The highest BCUT2D eigenvalue weighted by atomic mass is 16.5. The van der Waals surface area contributed by atoms with Gasteiger partial charge >= 0.3 is 0 Å². The van der Waals surface area contributed by atoms with Crippen LogP contribution in [0.25, 0.3) is 10.9 Å². The number of nitrogens with zero attached hydrogens (tertiary/aromatic N) is 1. The molecule has 0 radical (unpaired) electrons. The zero-order valence-corrected chi connectivity index (χ0v) is 13.8. The van der Waals surface area contributed by atoms with Crippen LogP contribution in [0.5, 0.6) is 11.5 Å². The number of aromatic amines is 1. The predicted molar refractivity (Wildman–Crippen MR) is 92.7 cm³/mol. The molecule has 6 heteroatoms. The third-order valence-corrected chi connectivity index (χ3v) is 3.92. The lowest BCUT2D eigenvalue weighted by Gasteiger charge is -2.13. The Morgan fingerprint density at radius 2 is 1.92 bits per heavy atom. The second-order valence-corrected chi connectivity index (χ2v) is 5.53. The topological polar surface area (TPSA) is 76.2 Å². The van der Waals surface area contributed by atoms with Crippen LogP contribution in [-0.2, 0) is 11.2 Å². The minimum absolute atomic E-state index is 0.0933. The van der Waals surface area contributed by atoms with Gasteiger partial charge in [0.15, 0.2) is 11.5 Å². The number of carbonyl (C=O) groups is 1. The molecule has 0 saturated carbocycles. The Hall–Kier alpha value is -3.02. The van der Waals surface area contributed by atoms with Crippen molar-refractivity contribution in [2.24, 2.45) is 0 Å². The van der Waals surface area contributed by atoms with E-state index < -0.39 is 0 Å². The van der Waals surface area contributed by atoms with Crippen LogP contribution in [0.1, 0.15) is 11.1 Å². The van der Waals surface area contributed by atoms with Crippen molar-refractivity contribution < 1.29 is 14.3 Å². The summed E-state index contributed by atoms with van der Waals surface area (Å²) in [6, 6.07) is 9.35. The van der Waals surface area contributed by atoms with E-state index in [1.54, 1.807) is 20.4 Å². The average Bonchev–Trinajstić information content (AvgIpc) is 3.03. The summed E-state index contributed by atoms with van der Waals surface area (Å²) in [6.07, 6.45) is 2.00. The van der Waals surface area contributed by atoms with Crippen molar-refractivity contribution in [2.75, 3.05) is 19.5 Å². The van der Waals surface area contributed by atoms with Gasteiger partial charge in [-0.1, -0.05) is 0 Å². The maximum atomic E-state index is 12.4. The van der Waals surface area contributed by atoms with E-state index in [0.29, 0.717) is 11.5 Å². The number of nitrogens with one attached hydrogen (secondary N) is 2. The molecule has 0 bridgehead atoms. The van der Waals surface area contributed by atoms with Crippen LogP contribution in [0.2, 0.25) is 0 Å². The third-order valence-electron chi connectivity index (χ3n) is 3.92. The zero-order chi connectivity index (χ0) is 17.1. The molecule has 1 amide bonds. The monoisotopic (exact) mass is 325 g/mol. The summed E-state index contributed by atoms with van der Waals surface area (Å²) >= 11 is 0. The smallest absolute Gasteiger partial charge is 0.228 e. The molecule has 2 aromatic carbocycles. The van der Waals surface area contributed by atoms with E-state index in [1.807, 2.05) is 37.3 Å². The number of amides is 1. The van der Waals surface area contributed by atoms with Gasteiger partial charge in [-0.25, -0.2) is 0 Å². The molecule has 0 spiro atoms. The minimum atomic E-state index is -0.0933. The molecule has 0 unspecified atom stereocenters. The normalized spacial score (nSPS) is 10.6. The number of hydrogen-bond acceptors (Lipinski definition) is 4. The lowest BCUT2D eigenvalue weighted by molar-refractivity contribution is -0.115. The highest BCUT2D eigenvalue weighted by Gasteiger charge is 2.12. The minimum Gasteiger partial charge on any atom is -0.493 e. The quantitative estimate of drug-likeness (QED) is 0.756. The summed E-state index contributed by atoms with van der Waals surface area (Å²) in [5.41, 5.74) is 3.49. The van der Waals surface area contributed by atoms with Gasteiger partial charge in [-0.3, -0.25) is 9.89 Å². The van der Waals surface area contributed by atoms with Gasteiger partial charge in [0.05, 0.1) is 32.4 Å². The Kier molecular flexibility index (Phi) is 4.37.